The van der Waals surface area contributed by atoms with E-state index in [0.717, 1.165) is 0 Å². The molecule has 1 N–H and O–H groups in total. The third kappa shape index (κ3) is 10.6. The summed E-state index contributed by atoms with van der Waals surface area (Å²) >= 11 is 0. The van der Waals surface area contributed by atoms with Gasteiger partial charge in [0.15, 0.2) is 18.0 Å². The van der Waals surface area contributed by atoms with Gasteiger partial charge in [0.2, 0.25) is 0 Å². The molecule has 0 bridgehead atoms. The Labute approximate surface area is 343 Å². The lowest BCUT2D eigenvalue weighted by molar-refractivity contribution is -0.302. The molecule has 14 atom stereocenters. The van der Waals surface area contributed by atoms with Crippen molar-refractivity contribution in [1.29, 1.82) is 5.26 Å². The lowest BCUT2D eigenvalue weighted by Crippen LogP contribution is -2.60. The lowest BCUT2D eigenvalue weighted by Gasteiger charge is -2.48. The van der Waals surface area contributed by atoms with Crippen LogP contribution in [0.1, 0.15) is 85.8 Å². The van der Waals surface area contributed by atoms with E-state index >= 15 is 0 Å². The van der Waals surface area contributed by atoms with E-state index in [2.05, 4.69) is 34.6 Å². The molecule has 3 aliphatic rings. The summed E-state index contributed by atoms with van der Waals surface area (Å²) in [5.41, 5.74) is -1.11. The normalized spacial score (nSPS) is 37.9. The quantitative estimate of drug-likeness (QED) is 0.109. The Morgan fingerprint density at radius 2 is 1.83 bits per heavy atom. The van der Waals surface area contributed by atoms with Crippen LogP contribution in [0.3, 0.4) is 0 Å². The summed E-state index contributed by atoms with van der Waals surface area (Å²) in [5, 5.41) is 25.6. The van der Waals surface area contributed by atoms with Crippen LogP contribution in [-0.4, -0.2) is 127 Å². The molecule has 3 aliphatic heterocycles. The molecule has 58 heavy (non-hydrogen) atoms. The number of cyclic esters (lactones) is 1. The Morgan fingerprint density at radius 1 is 1.12 bits per heavy atom. The monoisotopic (exact) mass is 810 g/mol. The Kier molecular flexibility index (Phi) is 16.3. The number of nitriles is 1. The van der Waals surface area contributed by atoms with Crippen LogP contribution in [0.2, 0.25) is 0 Å². The summed E-state index contributed by atoms with van der Waals surface area (Å²) in [5.74, 6) is 2.86. The molecule has 1 aromatic rings. The largest absolute Gasteiger partial charge is 0.509 e. The molecular formula is C43H62N4O11. The summed E-state index contributed by atoms with van der Waals surface area (Å²) in [6, 6.07) is 3.41. The minimum absolute atomic E-state index is 0.115. The molecule has 0 aliphatic carbocycles. The maximum absolute atomic E-state index is 14.4. The second-order valence-corrected chi connectivity index (χ2v) is 16.3. The fraction of sp³-hybridized carbons (Fsp3) is 0.698. The minimum atomic E-state index is -1.40. The molecule has 1 aromatic heterocycles. The fourth-order valence-electron chi connectivity index (χ4n) is 8.68. The fourth-order valence-corrected chi connectivity index (χ4v) is 8.68. The predicted molar refractivity (Wildman–Crippen MR) is 213 cm³/mol. The van der Waals surface area contributed by atoms with Crippen molar-refractivity contribution in [3.05, 3.63) is 42.2 Å². The van der Waals surface area contributed by atoms with Crippen molar-refractivity contribution in [2.75, 3.05) is 34.4 Å². The summed E-state index contributed by atoms with van der Waals surface area (Å²) in [7, 11) is 5.38. The highest BCUT2D eigenvalue weighted by Gasteiger charge is 2.59. The maximum atomic E-state index is 14.4. The molecule has 0 unspecified atom stereocenters. The second kappa shape index (κ2) is 20.2. The molecule has 3 saturated heterocycles. The molecule has 15 heteroatoms. The average Bonchev–Trinajstić information content (AvgIpc) is 3.51. The minimum Gasteiger partial charge on any atom is -0.458 e. The van der Waals surface area contributed by atoms with Gasteiger partial charge in [-0.2, -0.15) is 5.26 Å². The van der Waals surface area contributed by atoms with Crippen molar-refractivity contribution in [2.24, 2.45) is 28.8 Å². The second-order valence-electron chi connectivity index (χ2n) is 16.3. The van der Waals surface area contributed by atoms with Crippen molar-refractivity contribution >= 4 is 17.8 Å². The molecule has 0 radical (unpaired) electrons. The Morgan fingerprint density at radius 3 is 2.47 bits per heavy atom. The first-order chi connectivity index (χ1) is 27.4. The Bertz CT molecular complexity index is 1720. The van der Waals surface area contributed by atoms with E-state index in [0.29, 0.717) is 29.7 Å². The van der Waals surface area contributed by atoms with Crippen molar-refractivity contribution in [2.45, 2.75) is 135 Å². The van der Waals surface area contributed by atoms with Crippen LogP contribution >= 0.6 is 0 Å². The van der Waals surface area contributed by atoms with E-state index < -0.39 is 77.9 Å². The standard InChI is InChI=1S/C43H62N4O11/c1-13-17-53-46-34-25(3)21-42(8,51-12)37(56-40-35(48)32(47(10)11)19-26(4)54-40)28(6)36(52-18-15-16-30-20-31(22-44)24-45-23-30)29(7)39(49)55-33(14-2)43(9)38(27(34)5)57-41(50)58-43/h13,20,23-29,32-33,35-38,40,48H,1,14,17-19,21H2,2-12H3/b46-34+/t25-,26-,27+,28+,29-,32+,33-,35-,36+,37-,38-,40+,42-,43-/m1/s1. The molecule has 0 aromatic carbocycles. The van der Waals surface area contributed by atoms with Crippen molar-refractivity contribution in [3.8, 4) is 17.9 Å². The van der Waals surface area contributed by atoms with E-state index in [4.69, 9.17) is 38.0 Å². The van der Waals surface area contributed by atoms with Gasteiger partial charge in [-0.3, -0.25) is 9.78 Å². The van der Waals surface area contributed by atoms with Gasteiger partial charge in [0.1, 0.15) is 31.5 Å². The molecule has 0 amide bonds. The number of fused-ring (bicyclic) bond motifs is 1. The van der Waals surface area contributed by atoms with Crippen LogP contribution in [0, 0.1) is 46.8 Å². The molecule has 0 spiro atoms. The molecule has 4 heterocycles. The SMILES string of the molecule is C=CCO/N=C1\[C@H](C)C[C@@](C)(OC)[C@H](O[C@@H]2O[C@H](C)C[C@H](N(C)C)[C@H]2O)[C@@H](C)[C@H](OCC#Cc2cncc(C#N)c2)[C@@H](C)C(=O)O[C@H](CC)[C@@]2(C)OC(=O)O[C@@H]2[C@H]1C. The highest BCUT2D eigenvalue weighted by molar-refractivity contribution is 5.89. The first-order valence-corrected chi connectivity index (χ1v) is 20.0. The zero-order valence-corrected chi connectivity index (χ0v) is 35.8. The third-order valence-corrected chi connectivity index (χ3v) is 11.8. The maximum Gasteiger partial charge on any atom is 0.509 e. The topological polar surface area (TPSA) is 180 Å². The van der Waals surface area contributed by atoms with Gasteiger partial charge in [-0.15, -0.1) is 0 Å². The van der Waals surface area contributed by atoms with Gasteiger partial charge in [-0.05, 0) is 67.1 Å². The van der Waals surface area contributed by atoms with E-state index in [1.807, 2.05) is 60.5 Å². The zero-order valence-electron chi connectivity index (χ0n) is 35.8. The highest BCUT2D eigenvalue weighted by Crippen LogP contribution is 2.43. The van der Waals surface area contributed by atoms with Gasteiger partial charge >= 0.3 is 12.1 Å². The number of pyridine rings is 1. The van der Waals surface area contributed by atoms with Gasteiger partial charge in [0, 0.05) is 48.9 Å². The average molecular weight is 811 g/mol. The molecule has 4 rings (SSSR count). The van der Waals surface area contributed by atoms with Crippen LogP contribution in [0.4, 0.5) is 4.79 Å². The molecule has 3 fully saturated rings. The molecule has 0 saturated carbocycles. The van der Waals surface area contributed by atoms with E-state index in [1.165, 1.54) is 6.20 Å². The van der Waals surface area contributed by atoms with Gasteiger partial charge in [-0.25, -0.2) is 4.79 Å². The first kappa shape index (κ1) is 46.6. The number of hydrogen-bond acceptors (Lipinski definition) is 15. The van der Waals surface area contributed by atoms with Gasteiger partial charge in [0.05, 0.1) is 41.1 Å². The van der Waals surface area contributed by atoms with Gasteiger partial charge in [-0.1, -0.05) is 57.3 Å². The van der Waals surface area contributed by atoms with Crippen molar-refractivity contribution < 1.29 is 52.7 Å². The summed E-state index contributed by atoms with van der Waals surface area (Å²) < 4.78 is 44.2. The van der Waals surface area contributed by atoms with Crippen LogP contribution in [0.5, 0.6) is 0 Å². The van der Waals surface area contributed by atoms with Gasteiger partial charge < -0.3 is 48.0 Å². The number of methoxy groups -OCH3 is 1. The molecule has 15 nitrogen and oxygen atoms in total. The van der Waals surface area contributed by atoms with Gasteiger partial charge in [0.25, 0.3) is 0 Å². The Hall–Kier alpha value is -4.09. The summed E-state index contributed by atoms with van der Waals surface area (Å²) in [4.78, 5) is 39.1. The number of aliphatic hydroxyl groups is 1. The number of likely N-dealkylation sites (N-methyl/N-ethyl adjacent to an activating group) is 1. The highest BCUT2D eigenvalue weighted by atomic mass is 16.8. The lowest BCUT2D eigenvalue weighted by atomic mass is 9.73. The van der Waals surface area contributed by atoms with Crippen molar-refractivity contribution in [3.63, 3.8) is 0 Å². The predicted octanol–water partition coefficient (Wildman–Crippen LogP) is 5.03. The number of oxime groups is 1. The number of ether oxygens (including phenoxy) is 7. The first-order valence-electron chi connectivity index (χ1n) is 20.0. The number of carbonyl (C=O) groups is 2. The number of nitrogens with zero attached hydrogens (tertiary/aromatic N) is 4. The Balaban J connectivity index is 1.88. The van der Waals surface area contributed by atoms with E-state index in [9.17, 15) is 20.0 Å². The number of aliphatic hydroxyl groups excluding tert-OH is 1. The molecular weight excluding hydrogens is 748 g/mol. The number of carbonyl (C=O) groups excluding carboxylic acids is 2. The summed E-state index contributed by atoms with van der Waals surface area (Å²) in [6.45, 7) is 18.6. The smallest absolute Gasteiger partial charge is 0.458 e. The van der Waals surface area contributed by atoms with E-state index in [1.54, 1.807) is 39.3 Å². The number of esters is 1. The van der Waals surface area contributed by atoms with Crippen LogP contribution in [0.15, 0.2) is 36.3 Å². The van der Waals surface area contributed by atoms with Crippen LogP contribution in [-0.2, 0) is 42.8 Å². The molecule has 320 valence electrons. The number of rotatable bonds is 10. The zero-order chi connectivity index (χ0) is 42.9. The van der Waals surface area contributed by atoms with Crippen molar-refractivity contribution in [1.82, 2.24) is 9.88 Å². The third-order valence-electron chi connectivity index (χ3n) is 11.8. The van der Waals surface area contributed by atoms with Crippen LogP contribution in [0.25, 0.3) is 0 Å². The number of aromatic nitrogens is 1. The van der Waals surface area contributed by atoms with E-state index in [-0.39, 0.29) is 37.7 Å². The van der Waals surface area contributed by atoms with Crippen LogP contribution < -0.4 is 0 Å². The summed E-state index contributed by atoms with van der Waals surface area (Å²) in [6.07, 6.45) is -1.12. The number of hydrogen-bond donors (Lipinski definition) is 1.